The minimum absolute atomic E-state index is 0.0315. The number of carbonyl (C=O) groups is 2. The van der Waals surface area contributed by atoms with Crippen molar-refractivity contribution in [3.63, 3.8) is 0 Å². The molecule has 2 amide bonds. The Morgan fingerprint density at radius 1 is 1.35 bits per heavy atom. The van der Waals surface area contributed by atoms with E-state index in [1.807, 2.05) is 32.0 Å². The van der Waals surface area contributed by atoms with Crippen LogP contribution in [0.2, 0.25) is 0 Å². The second-order valence-electron chi connectivity index (χ2n) is 10.8. The number of carbonyl (C=O) groups excluding carboxylic acids is 2. The Balaban J connectivity index is 1.56. The van der Waals surface area contributed by atoms with Crippen LogP contribution in [-0.2, 0) is 16.0 Å². The summed E-state index contributed by atoms with van der Waals surface area (Å²) in [7, 11) is 5.27. The summed E-state index contributed by atoms with van der Waals surface area (Å²) in [5.41, 5.74) is 3.03. The van der Waals surface area contributed by atoms with Crippen molar-refractivity contribution in [1.82, 2.24) is 25.1 Å². The highest BCUT2D eigenvalue weighted by atomic mass is 19.1. The van der Waals surface area contributed by atoms with Crippen LogP contribution in [0.4, 0.5) is 15.8 Å². The van der Waals surface area contributed by atoms with E-state index in [0.29, 0.717) is 66.4 Å². The number of aromatic nitrogens is 2. The van der Waals surface area contributed by atoms with Crippen LogP contribution in [-0.4, -0.2) is 91.2 Å². The van der Waals surface area contributed by atoms with E-state index in [9.17, 15) is 14.0 Å². The maximum Gasteiger partial charge on any atom is 0.255 e. The minimum Gasteiger partial charge on any atom is -0.492 e. The molecule has 0 radical (unpaired) electrons. The third-order valence-corrected chi connectivity index (χ3v) is 7.39. The Morgan fingerprint density at radius 3 is 2.98 bits per heavy atom. The first-order chi connectivity index (χ1) is 20.7. The molecule has 10 nitrogen and oxygen atoms in total. The number of rotatable bonds is 7. The molecule has 2 aromatic heterocycles. The van der Waals surface area contributed by atoms with Crippen LogP contribution in [0.15, 0.2) is 48.8 Å². The lowest BCUT2D eigenvalue weighted by Crippen LogP contribution is -2.56. The molecule has 2 aliphatic heterocycles. The molecule has 11 heteroatoms. The number of aromatic amines is 1. The molecule has 5 rings (SSSR count). The van der Waals surface area contributed by atoms with E-state index < -0.39 is 11.4 Å². The predicted octanol–water partition coefficient (Wildman–Crippen LogP) is 3.34. The molecular weight excluding hydrogens is 551 g/mol. The van der Waals surface area contributed by atoms with Crippen LogP contribution in [0.1, 0.15) is 28.5 Å². The van der Waals surface area contributed by atoms with Gasteiger partial charge in [0, 0.05) is 55.8 Å². The highest BCUT2D eigenvalue weighted by molar-refractivity contribution is 6.06. The van der Waals surface area contributed by atoms with Gasteiger partial charge in [0.2, 0.25) is 5.91 Å². The first-order valence-corrected chi connectivity index (χ1v) is 14.0. The van der Waals surface area contributed by atoms with Gasteiger partial charge in [-0.15, -0.1) is 0 Å². The van der Waals surface area contributed by atoms with Gasteiger partial charge < -0.3 is 34.9 Å². The van der Waals surface area contributed by atoms with Crippen molar-refractivity contribution in [1.29, 1.82) is 0 Å². The van der Waals surface area contributed by atoms with E-state index in [4.69, 9.17) is 9.47 Å². The second kappa shape index (κ2) is 12.7. The molecule has 1 atom stereocenters. The van der Waals surface area contributed by atoms with E-state index in [2.05, 4.69) is 32.4 Å². The molecular formula is C32H35FN6O4. The number of amides is 2. The fourth-order valence-electron chi connectivity index (χ4n) is 5.23. The van der Waals surface area contributed by atoms with Crippen molar-refractivity contribution < 1.29 is 23.5 Å². The van der Waals surface area contributed by atoms with Gasteiger partial charge in [-0.2, -0.15) is 0 Å². The Hall–Kier alpha value is -4.66. The van der Waals surface area contributed by atoms with Gasteiger partial charge in [0.25, 0.3) is 5.91 Å². The van der Waals surface area contributed by atoms with Crippen LogP contribution in [0.5, 0.6) is 5.75 Å². The normalized spacial score (nSPS) is 18.2. The minimum atomic E-state index is -0.879. The smallest absolute Gasteiger partial charge is 0.255 e. The molecule has 4 heterocycles. The molecule has 2 aliphatic rings. The van der Waals surface area contributed by atoms with Gasteiger partial charge in [-0.05, 0) is 39.2 Å². The summed E-state index contributed by atoms with van der Waals surface area (Å²) in [6.07, 6.45) is 7.29. The standard InChI is InChI=1S/C32H35FN6O4/c1-32(20-43-18-17-39(32)26(40)9-6-16-38(2)3)13-10-21-19-34-14-11-22(21)28-29(27-24(36-28)12-15-35-31(27)41)37-25-8-5-7-23(33)30(25)42-4/h5-9,11,14,19,36-37H,12,15-18,20H2,1-4H3,(H,35,41)/b9-6+/t32-/m1/s1. The van der Waals surface area contributed by atoms with E-state index in [1.165, 1.54) is 13.2 Å². The van der Waals surface area contributed by atoms with E-state index in [-0.39, 0.29) is 24.2 Å². The summed E-state index contributed by atoms with van der Waals surface area (Å²) in [4.78, 5) is 37.6. The highest BCUT2D eigenvalue weighted by Crippen LogP contribution is 2.40. The Bertz CT molecular complexity index is 1620. The van der Waals surface area contributed by atoms with Crippen LogP contribution >= 0.6 is 0 Å². The van der Waals surface area contributed by atoms with E-state index >= 15 is 0 Å². The van der Waals surface area contributed by atoms with E-state index in [1.54, 1.807) is 41.6 Å². The average Bonchev–Trinajstić information content (AvgIpc) is 3.35. The zero-order valence-electron chi connectivity index (χ0n) is 24.7. The van der Waals surface area contributed by atoms with Crippen molar-refractivity contribution >= 4 is 23.2 Å². The van der Waals surface area contributed by atoms with Gasteiger partial charge >= 0.3 is 0 Å². The lowest BCUT2D eigenvalue weighted by Gasteiger charge is -2.40. The van der Waals surface area contributed by atoms with Crippen LogP contribution in [0, 0.1) is 17.7 Å². The number of hydrogen-bond donors (Lipinski definition) is 3. The lowest BCUT2D eigenvalue weighted by atomic mass is 9.98. The Labute approximate surface area is 250 Å². The molecule has 3 aromatic rings. The number of nitrogens with one attached hydrogen (secondary N) is 3. The first-order valence-electron chi connectivity index (χ1n) is 14.0. The van der Waals surface area contributed by atoms with Crippen molar-refractivity contribution in [2.75, 3.05) is 59.4 Å². The largest absolute Gasteiger partial charge is 0.492 e. The number of methoxy groups -OCH3 is 1. The molecule has 0 unspecified atom stereocenters. The number of likely N-dealkylation sites (N-methyl/N-ethyl adjacent to an activating group) is 1. The summed E-state index contributed by atoms with van der Waals surface area (Å²) < 4.78 is 25.6. The molecule has 1 fully saturated rings. The first kappa shape index (κ1) is 29.8. The van der Waals surface area contributed by atoms with Gasteiger partial charge in [0.05, 0.1) is 48.5 Å². The quantitative estimate of drug-likeness (QED) is 0.288. The Kier molecular flexibility index (Phi) is 8.80. The van der Waals surface area contributed by atoms with Gasteiger partial charge in [-0.1, -0.05) is 24.0 Å². The maximum atomic E-state index is 14.6. The predicted molar refractivity (Wildman–Crippen MR) is 162 cm³/mol. The van der Waals surface area contributed by atoms with Crippen molar-refractivity contribution in [2.24, 2.45) is 0 Å². The zero-order chi connectivity index (χ0) is 30.6. The van der Waals surface area contributed by atoms with Gasteiger partial charge in [0.1, 0.15) is 5.54 Å². The molecule has 43 heavy (non-hydrogen) atoms. The molecule has 224 valence electrons. The van der Waals surface area contributed by atoms with Crippen LogP contribution in [0.3, 0.4) is 0 Å². The monoisotopic (exact) mass is 586 g/mol. The Morgan fingerprint density at radius 2 is 2.19 bits per heavy atom. The third kappa shape index (κ3) is 6.26. The molecule has 0 aliphatic carbocycles. The van der Waals surface area contributed by atoms with E-state index in [0.717, 1.165) is 5.69 Å². The van der Waals surface area contributed by atoms with Gasteiger partial charge in [0.15, 0.2) is 11.6 Å². The summed E-state index contributed by atoms with van der Waals surface area (Å²) >= 11 is 0. The van der Waals surface area contributed by atoms with Crippen LogP contribution < -0.4 is 15.4 Å². The van der Waals surface area contributed by atoms with Crippen molar-refractivity contribution in [3.8, 4) is 28.8 Å². The van der Waals surface area contributed by atoms with Crippen molar-refractivity contribution in [3.05, 3.63) is 71.4 Å². The fraction of sp³-hybridized carbons (Fsp3) is 0.344. The summed E-state index contributed by atoms with van der Waals surface area (Å²) in [6, 6.07) is 6.36. The molecule has 1 saturated heterocycles. The molecule has 0 saturated carbocycles. The maximum absolute atomic E-state index is 14.6. The third-order valence-electron chi connectivity index (χ3n) is 7.39. The average molecular weight is 587 g/mol. The van der Waals surface area contributed by atoms with Crippen molar-refractivity contribution in [2.45, 2.75) is 18.9 Å². The number of para-hydroxylation sites is 1. The van der Waals surface area contributed by atoms with Crippen LogP contribution in [0.25, 0.3) is 11.3 Å². The number of fused-ring (bicyclic) bond motifs is 1. The SMILES string of the molecule is COc1c(F)cccc1Nc1c(-c2ccncc2C#C[C@]2(C)COCCN2C(=O)/C=C/CN(C)C)[nH]c2c1C(=O)NCC2. The highest BCUT2D eigenvalue weighted by Gasteiger charge is 2.36. The lowest BCUT2D eigenvalue weighted by molar-refractivity contribution is -0.137. The molecule has 1 aromatic carbocycles. The second-order valence-corrected chi connectivity index (χ2v) is 10.8. The number of halogens is 1. The number of anilines is 2. The fourth-order valence-corrected chi connectivity index (χ4v) is 5.23. The molecule has 3 N–H and O–H groups in total. The number of hydrogen-bond acceptors (Lipinski definition) is 7. The number of nitrogens with zero attached hydrogens (tertiary/aromatic N) is 3. The number of morpholine rings is 1. The molecule has 0 spiro atoms. The van der Waals surface area contributed by atoms with Gasteiger partial charge in [-0.25, -0.2) is 4.39 Å². The number of benzene rings is 1. The topological polar surface area (TPSA) is 112 Å². The number of pyridine rings is 1. The number of ether oxygens (including phenoxy) is 2. The summed E-state index contributed by atoms with van der Waals surface area (Å²) in [6.45, 7) is 4.12. The molecule has 0 bridgehead atoms. The summed E-state index contributed by atoms with van der Waals surface area (Å²) in [5.74, 6) is 5.65. The van der Waals surface area contributed by atoms with Gasteiger partial charge in [-0.3, -0.25) is 14.6 Å². The number of H-pyrrole nitrogens is 1. The summed E-state index contributed by atoms with van der Waals surface area (Å²) in [5, 5.41) is 6.14. The zero-order valence-corrected chi connectivity index (χ0v) is 24.7.